The molecule has 0 aliphatic heterocycles. The Bertz CT molecular complexity index is 232. The molecule has 1 aromatic rings. The van der Waals surface area contributed by atoms with E-state index in [0.717, 1.165) is 5.75 Å². The first kappa shape index (κ1) is 12.0. The highest BCUT2D eigenvalue weighted by atomic mass is 127. The molecule has 0 fully saturated rings. The molecule has 0 radical (unpaired) electrons. The second kappa shape index (κ2) is 6.51. The molecule has 1 rings (SSSR count). The van der Waals surface area contributed by atoms with Crippen LogP contribution in [0.4, 0.5) is 0 Å². The Morgan fingerprint density at radius 1 is 1.42 bits per heavy atom. The summed E-state index contributed by atoms with van der Waals surface area (Å²) in [6.07, 6.45) is 0. The third-order valence-corrected chi connectivity index (χ3v) is 1.85. The molecular formula is C8H11ClINO. The van der Waals surface area contributed by atoms with Gasteiger partial charge in [-0.15, -0.1) is 12.4 Å². The number of hydrogen-bond acceptors (Lipinski definition) is 2. The van der Waals surface area contributed by atoms with E-state index >= 15 is 0 Å². The van der Waals surface area contributed by atoms with E-state index in [1.165, 1.54) is 3.57 Å². The van der Waals surface area contributed by atoms with Gasteiger partial charge in [-0.25, -0.2) is 0 Å². The van der Waals surface area contributed by atoms with Gasteiger partial charge in [0.15, 0.2) is 0 Å². The molecule has 0 saturated carbocycles. The standard InChI is InChI=1S/C8H10INO.ClH/c9-7-2-1-3-8(6-7)11-5-4-10;/h1-3,6H,4-5,10H2;1H. The molecular weight excluding hydrogens is 288 g/mol. The molecule has 0 aromatic heterocycles. The van der Waals surface area contributed by atoms with E-state index in [2.05, 4.69) is 22.6 Å². The number of rotatable bonds is 3. The molecule has 0 atom stereocenters. The smallest absolute Gasteiger partial charge is 0.120 e. The molecule has 0 unspecified atom stereocenters. The summed E-state index contributed by atoms with van der Waals surface area (Å²) >= 11 is 2.25. The van der Waals surface area contributed by atoms with Crippen LogP contribution in [-0.4, -0.2) is 13.2 Å². The van der Waals surface area contributed by atoms with Gasteiger partial charge >= 0.3 is 0 Å². The highest BCUT2D eigenvalue weighted by Crippen LogP contribution is 2.14. The van der Waals surface area contributed by atoms with Crippen molar-refractivity contribution in [1.82, 2.24) is 0 Å². The summed E-state index contributed by atoms with van der Waals surface area (Å²) < 4.78 is 6.48. The maximum atomic E-state index is 5.31. The van der Waals surface area contributed by atoms with Gasteiger partial charge in [0.1, 0.15) is 12.4 Å². The monoisotopic (exact) mass is 299 g/mol. The first-order chi connectivity index (χ1) is 5.33. The summed E-state index contributed by atoms with van der Waals surface area (Å²) in [6, 6.07) is 7.90. The van der Waals surface area contributed by atoms with Gasteiger partial charge < -0.3 is 10.5 Å². The SMILES string of the molecule is Cl.NCCOc1cccc(I)c1. The van der Waals surface area contributed by atoms with Crippen LogP contribution in [0.25, 0.3) is 0 Å². The molecule has 2 N–H and O–H groups in total. The molecule has 0 bridgehead atoms. The van der Waals surface area contributed by atoms with E-state index in [1.807, 2.05) is 24.3 Å². The van der Waals surface area contributed by atoms with Crippen molar-refractivity contribution in [2.75, 3.05) is 13.2 Å². The van der Waals surface area contributed by atoms with E-state index < -0.39 is 0 Å². The third-order valence-electron chi connectivity index (χ3n) is 1.18. The summed E-state index contributed by atoms with van der Waals surface area (Å²) in [4.78, 5) is 0. The van der Waals surface area contributed by atoms with Gasteiger partial charge in [-0.1, -0.05) is 6.07 Å². The van der Waals surface area contributed by atoms with Crippen molar-refractivity contribution in [1.29, 1.82) is 0 Å². The lowest BCUT2D eigenvalue weighted by molar-refractivity contribution is 0.328. The fourth-order valence-corrected chi connectivity index (χ4v) is 1.25. The summed E-state index contributed by atoms with van der Waals surface area (Å²) in [6.45, 7) is 1.14. The second-order valence-corrected chi connectivity index (χ2v) is 3.34. The predicted molar refractivity (Wildman–Crippen MR) is 61.0 cm³/mol. The number of halogens is 2. The van der Waals surface area contributed by atoms with Crippen molar-refractivity contribution in [3.63, 3.8) is 0 Å². The molecule has 0 amide bonds. The van der Waals surface area contributed by atoms with Crippen molar-refractivity contribution < 1.29 is 4.74 Å². The molecule has 12 heavy (non-hydrogen) atoms. The van der Waals surface area contributed by atoms with E-state index in [9.17, 15) is 0 Å². The first-order valence-electron chi connectivity index (χ1n) is 3.41. The zero-order valence-electron chi connectivity index (χ0n) is 6.50. The number of ether oxygens (including phenoxy) is 1. The Morgan fingerprint density at radius 2 is 2.17 bits per heavy atom. The van der Waals surface area contributed by atoms with Crippen molar-refractivity contribution in [3.8, 4) is 5.75 Å². The van der Waals surface area contributed by atoms with E-state index in [-0.39, 0.29) is 12.4 Å². The summed E-state index contributed by atoms with van der Waals surface area (Å²) in [5.41, 5.74) is 5.29. The Balaban J connectivity index is 0.00000121. The molecule has 0 saturated heterocycles. The van der Waals surface area contributed by atoms with Gasteiger partial charge in [0.2, 0.25) is 0 Å². The van der Waals surface area contributed by atoms with Crippen LogP contribution in [0.5, 0.6) is 5.75 Å². The Hall–Kier alpha value is -0.000000000000000111. The Kier molecular flexibility index (Phi) is 6.51. The van der Waals surface area contributed by atoms with Gasteiger partial charge in [-0.2, -0.15) is 0 Å². The quantitative estimate of drug-likeness (QED) is 0.867. The lowest BCUT2D eigenvalue weighted by atomic mass is 10.3. The van der Waals surface area contributed by atoms with Crippen LogP contribution in [0.3, 0.4) is 0 Å². The van der Waals surface area contributed by atoms with Crippen LogP contribution in [-0.2, 0) is 0 Å². The lowest BCUT2D eigenvalue weighted by Gasteiger charge is -2.03. The topological polar surface area (TPSA) is 35.2 Å². The molecule has 1 aromatic carbocycles. The molecule has 0 aliphatic carbocycles. The van der Waals surface area contributed by atoms with E-state index in [1.54, 1.807) is 0 Å². The van der Waals surface area contributed by atoms with Crippen LogP contribution in [0.15, 0.2) is 24.3 Å². The molecule has 0 aliphatic rings. The van der Waals surface area contributed by atoms with Crippen LogP contribution >= 0.6 is 35.0 Å². The number of benzene rings is 1. The summed E-state index contributed by atoms with van der Waals surface area (Å²) in [5, 5.41) is 0. The zero-order chi connectivity index (χ0) is 8.10. The zero-order valence-corrected chi connectivity index (χ0v) is 9.47. The van der Waals surface area contributed by atoms with Gasteiger partial charge in [0.25, 0.3) is 0 Å². The minimum Gasteiger partial charge on any atom is -0.492 e. The van der Waals surface area contributed by atoms with Gasteiger partial charge in [0.05, 0.1) is 0 Å². The van der Waals surface area contributed by atoms with Crippen molar-refractivity contribution in [3.05, 3.63) is 27.8 Å². The van der Waals surface area contributed by atoms with Crippen LogP contribution in [0, 0.1) is 3.57 Å². The summed E-state index contributed by atoms with van der Waals surface area (Å²) in [7, 11) is 0. The van der Waals surface area contributed by atoms with Crippen LogP contribution in [0.1, 0.15) is 0 Å². The fraction of sp³-hybridized carbons (Fsp3) is 0.250. The van der Waals surface area contributed by atoms with E-state index in [0.29, 0.717) is 13.2 Å². The highest BCUT2D eigenvalue weighted by Gasteiger charge is 1.91. The highest BCUT2D eigenvalue weighted by molar-refractivity contribution is 14.1. The van der Waals surface area contributed by atoms with Gasteiger partial charge in [0, 0.05) is 10.1 Å². The third kappa shape index (κ3) is 4.13. The average molecular weight is 300 g/mol. The minimum absolute atomic E-state index is 0. The predicted octanol–water partition coefficient (Wildman–Crippen LogP) is 2.05. The van der Waals surface area contributed by atoms with Crippen molar-refractivity contribution >= 4 is 35.0 Å². The molecule has 0 heterocycles. The van der Waals surface area contributed by atoms with Gasteiger partial charge in [-0.3, -0.25) is 0 Å². The molecule has 2 nitrogen and oxygen atoms in total. The first-order valence-corrected chi connectivity index (χ1v) is 4.49. The largest absolute Gasteiger partial charge is 0.492 e. The molecule has 4 heteroatoms. The molecule has 0 spiro atoms. The van der Waals surface area contributed by atoms with Crippen LogP contribution in [0.2, 0.25) is 0 Å². The van der Waals surface area contributed by atoms with Crippen molar-refractivity contribution in [2.24, 2.45) is 5.73 Å². The molecule has 68 valence electrons. The minimum atomic E-state index is 0. The van der Waals surface area contributed by atoms with Crippen molar-refractivity contribution in [2.45, 2.75) is 0 Å². The summed E-state index contributed by atoms with van der Waals surface area (Å²) in [5.74, 6) is 0.891. The Morgan fingerprint density at radius 3 is 2.75 bits per heavy atom. The van der Waals surface area contributed by atoms with Crippen LogP contribution < -0.4 is 10.5 Å². The number of hydrogen-bond donors (Lipinski definition) is 1. The maximum Gasteiger partial charge on any atom is 0.120 e. The second-order valence-electron chi connectivity index (χ2n) is 2.09. The van der Waals surface area contributed by atoms with E-state index in [4.69, 9.17) is 10.5 Å². The van der Waals surface area contributed by atoms with Gasteiger partial charge in [-0.05, 0) is 40.8 Å². The normalized spacial score (nSPS) is 8.83. The average Bonchev–Trinajstić information content (AvgIpc) is 2.01. The Labute approximate surface area is 92.0 Å². The number of nitrogens with two attached hydrogens (primary N) is 1. The lowest BCUT2D eigenvalue weighted by Crippen LogP contribution is -2.10. The fourth-order valence-electron chi connectivity index (χ4n) is 0.734. The maximum absolute atomic E-state index is 5.31.